The standard InChI is InChI=1S/C34H35N5O5/c1-3-42-32(40)19-23-8-5-6-11-31(23)44-21-29-28-18-22(25-9-7-10-27-26(25)14-16-36-33(27)35)12-13-30(28)39(37-29)24-15-17-38(20-24)34(41)43-4-2/h5-14,16,18,24H,3-4,15,17,19-21H2,1-2H3,(H2,35,36). The van der Waals surface area contributed by atoms with Crippen LogP contribution in [0.5, 0.6) is 5.75 Å². The van der Waals surface area contributed by atoms with Gasteiger partial charge in [0, 0.05) is 35.6 Å². The van der Waals surface area contributed by atoms with E-state index in [-0.39, 0.29) is 31.1 Å². The Morgan fingerprint density at radius 3 is 2.64 bits per heavy atom. The van der Waals surface area contributed by atoms with Gasteiger partial charge in [0.2, 0.25) is 0 Å². The summed E-state index contributed by atoms with van der Waals surface area (Å²) < 4.78 is 18.7. The fraction of sp³-hybridized carbons (Fsp3) is 0.294. The molecule has 0 radical (unpaired) electrons. The predicted molar refractivity (Wildman–Crippen MR) is 168 cm³/mol. The lowest BCUT2D eigenvalue weighted by Crippen LogP contribution is -2.29. The van der Waals surface area contributed by atoms with Crippen LogP contribution in [-0.4, -0.2) is 58.0 Å². The van der Waals surface area contributed by atoms with Crippen molar-refractivity contribution in [2.45, 2.75) is 39.3 Å². The molecule has 0 saturated carbocycles. The number of aromatic nitrogens is 3. The fourth-order valence-corrected chi connectivity index (χ4v) is 5.87. The van der Waals surface area contributed by atoms with Gasteiger partial charge in [-0.1, -0.05) is 42.5 Å². The number of nitrogen functional groups attached to an aromatic ring is 1. The van der Waals surface area contributed by atoms with Crippen LogP contribution in [0, 0.1) is 0 Å². The summed E-state index contributed by atoms with van der Waals surface area (Å²) in [5.41, 5.74) is 10.7. The number of likely N-dealkylation sites (tertiary alicyclic amines) is 1. The number of nitrogens with two attached hydrogens (primary N) is 1. The van der Waals surface area contributed by atoms with E-state index in [9.17, 15) is 9.59 Å². The summed E-state index contributed by atoms with van der Waals surface area (Å²) in [5.74, 6) is 0.785. The van der Waals surface area contributed by atoms with Crippen molar-refractivity contribution in [1.82, 2.24) is 19.7 Å². The minimum Gasteiger partial charge on any atom is -0.487 e. The van der Waals surface area contributed by atoms with Gasteiger partial charge in [-0.25, -0.2) is 9.78 Å². The molecule has 226 valence electrons. The van der Waals surface area contributed by atoms with Crippen LogP contribution in [0.3, 0.4) is 0 Å². The van der Waals surface area contributed by atoms with E-state index in [1.54, 1.807) is 18.0 Å². The normalized spacial score (nSPS) is 14.7. The lowest BCUT2D eigenvalue weighted by Gasteiger charge is -2.16. The van der Waals surface area contributed by atoms with Crippen molar-refractivity contribution < 1.29 is 23.8 Å². The number of ether oxygens (including phenoxy) is 3. The molecule has 10 nitrogen and oxygen atoms in total. The Kier molecular flexibility index (Phi) is 8.31. The number of nitrogens with zero attached hydrogens (tertiary/aromatic N) is 4. The highest BCUT2D eigenvalue weighted by Crippen LogP contribution is 2.35. The van der Waals surface area contributed by atoms with E-state index in [0.717, 1.165) is 50.5 Å². The number of hydrogen-bond acceptors (Lipinski definition) is 8. The fourth-order valence-electron chi connectivity index (χ4n) is 5.87. The predicted octanol–water partition coefficient (Wildman–Crippen LogP) is 5.92. The molecule has 5 aromatic rings. The van der Waals surface area contributed by atoms with Crippen LogP contribution < -0.4 is 10.5 Å². The number of hydrogen-bond donors (Lipinski definition) is 1. The maximum atomic E-state index is 12.4. The first-order valence-corrected chi connectivity index (χ1v) is 14.9. The first-order valence-electron chi connectivity index (χ1n) is 14.9. The Morgan fingerprint density at radius 2 is 1.80 bits per heavy atom. The van der Waals surface area contributed by atoms with Crippen LogP contribution in [0.4, 0.5) is 10.6 Å². The molecule has 2 N–H and O–H groups in total. The van der Waals surface area contributed by atoms with Crippen molar-refractivity contribution in [2.24, 2.45) is 0 Å². The van der Waals surface area contributed by atoms with Gasteiger partial charge in [0.15, 0.2) is 0 Å². The third kappa shape index (κ3) is 5.75. The van der Waals surface area contributed by atoms with Crippen LogP contribution in [0.1, 0.15) is 37.6 Å². The molecule has 1 amide bonds. The first-order chi connectivity index (χ1) is 21.5. The summed E-state index contributed by atoms with van der Waals surface area (Å²) in [6, 6.07) is 21.7. The van der Waals surface area contributed by atoms with E-state index >= 15 is 0 Å². The topological polar surface area (TPSA) is 122 Å². The van der Waals surface area contributed by atoms with Crippen molar-refractivity contribution in [3.63, 3.8) is 0 Å². The van der Waals surface area contributed by atoms with Crippen LogP contribution in [0.15, 0.2) is 72.9 Å². The molecular weight excluding hydrogens is 558 g/mol. The zero-order valence-electron chi connectivity index (χ0n) is 24.9. The zero-order chi connectivity index (χ0) is 30.6. The Morgan fingerprint density at radius 1 is 0.955 bits per heavy atom. The molecule has 0 bridgehead atoms. The van der Waals surface area contributed by atoms with Crippen molar-refractivity contribution in [3.8, 4) is 16.9 Å². The SMILES string of the molecule is CCOC(=O)Cc1ccccc1OCc1nn(C2CCN(C(=O)OCC)C2)c2ccc(-c3cccc4c(N)nccc34)cc12. The Labute approximate surface area is 255 Å². The van der Waals surface area contributed by atoms with Crippen molar-refractivity contribution in [2.75, 3.05) is 32.0 Å². The lowest BCUT2D eigenvalue weighted by molar-refractivity contribution is -0.142. The molecule has 10 heteroatoms. The van der Waals surface area contributed by atoms with Crippen LogP contribution in [0.2, 0.25) is 0 Å². The molecule has 1 unspecified atom stereocenters. The molecule has 1 aliphatic rings. The number of amides is 1. The third-order valence-corrected chi connectivity index (χ3v) is 7.94. The number of rotatable bonds is 9. The Bertz CT molecular complexity index is 1830. The summed E-state index contributed by atoms with van der Waals surface area (Å²) in [7, 11) is 0. The van der Waals surface area contributed by atoms with Gasteiger partial charge in [0.25, 0.3) is 0 Å². The molecule has 2 aromatic heterocycles. The highest BCUT2D eigenvalue weighted by molar-refractivity contribution is 6.02. The highest BCUT2D eigenvalue weighted by Gasteiger charge is 2.30. The van der Waals surface area contributed by atoms with Gasteiger partial charge in [-0.05, 0) is 61.0 Å². The number of esters is 1. The molecule has 44 heavy (non-hydrogen) atoms. The van der Waals surface area contributed by atoms with Crippen LogP contribution >= 0.6 is 0 Å². The highest BCUT2D eigenvalue weighted by atomic mass is 16.6. The minimum atomic E-state index is -0.305. The lowest BCUT2D eigenvalue weighted by atomic mass is 9.97. The van der Waals surface area contributed by atoms with E-state index in [1.165, 1.54) is 0 Å². The summed E-state index contributed by atoms with van der Waals surface area (Å²) in [6.45, 7) is 5.55. The Hall–Kier alpha value is -5.12. The largest absolute Gasteiger partial charge is 0.487 e. The van der Waals surface area contributed by atoms with Crippen LogP contribution in [-0.2, 0) is 27.3 Å². The molecular formula is C34H35N5O5. The number of para-hydroxylation sites is 1. The molecule has 0 aliphatic carbocycles. The summed E-state index contributed by atoms with van der Waals surface area (Å²) in [6.07, 6.45) is 2.30. The molecule has 1 saturated heterocycles. The van der Waals surface area contributed by atoms with Gasteiger partial charge < -0.3 is 24.8 Å². The van der Waals surface area contributed by atoms with Crippen molar-refractivity contribution in [3.05, 3.63) is 84.2 Å². The molecule has 1 fully saturated rings. The molecule has 1 atom stereocenters. The summed E-state index contributed by atoms with van der Waals surface area (Å²) >= 11 is 0. The average Bonchev–Trinajstić information content (AvgIpc) is 3.66. The van der Waals surface area contributed by atoms with Gasteiger partial charge in [-0.3, -0.25) is 9.48 Å². The number of anilines is 1. The average molecular weight is 594 g/mol. The van der Waals surface area contributed by atoms with Gasteiger partial charge in [-0.2, -0.15) is 5.10 Å². The molecule has 0 spiro atoms. The van der Waals surface area contributed by atoms with Crippen LogP contribution in [0.25, 0.3) is 32.8 Å². The van der Waals surface area contributed by atoms with Crippen molar-refractivity contribution in [1.29, 1.82) is 0 Å². The first kappa shape index (κ1) is 29.0. The molecule has 3 heterocycles. The zero-order valence-corrected chi connectivity index (χ0v) is 24.9. The monoisotopic (exact) mass is 593 g/mol. The molecule has 3 aromatic carbocycles. The molecule has 6 rings (SSSR count). The molecule has 1 aliphatic heterocycles. The quantitative estimate of drug-likeness (QED) is 0.209. The van der Waals surface area contributed by atoms with E-state index in [2.05, 4.69) is 29.2 Å². The number of pyridine rings is 1. The van der Waals surface area contributed by atoms with Gasteiger partial charge in [-0.15, -0.1) is 0 Å². The minimum absolute atomic E-state index is 0.0129. The van der Waals surface area contributed by atoms with E-state index in [0.29, 0.717) is 37.9 Å². The summed E-state index contributed by atoms with van der Waals surface area (Å²) in [5, 5.41) is 7.90. The number of carbonyl (C=O) groups excluding carboxylic acids is 2. The third-order valence-electron chi connectivity index (χ3n) is 7.94. The van der Waals surface area contributed by atoms with Gasteiger partial charge in [0.05, 0.1) is 31.2 Å². The second-order valence-corrected chi connectivity index (χ2v) is 10.7. The smallest absolute Gasteiger partial charge is 0.409 e. The maximum Gasteiger partial charge on any atom is 0.409 e. The Balaban J connectivity index is 1.38. The number of fused-ring (bicyclic) bond motifs is 2. The summed E-state index contributed by atoms with van der Waals surface area (Å²) in [4.78, 5) is 30.6. The number of benzene rings is 3. The van der Waals surface area contributed by atoms with Crippen molar-refractivity contribution >= 4 is 39.6 Å². The second kappa shape index (κ2) is 12.6. The second-order valence-electron chi connectivity index (χ2n) is 10.7. The van der Waals surface area contributed by atoms with E-state index < -0.39 is 0 Å². The van der Waals surface area contributed by atoms with Gasteiger partial charge in [0.1, 0.15) is 23.9 Å². The number of carbonyl (C=O) groups is 2. The van der Waals surface area contributed by atoms with E-state index in [4.69, 9.17) is 25.0 Å². The maximum absolute atomic E-state index is 12.4. The van der Waals surface area contributed by atoms with Gasteiger partial charge >= 0.3 is 12.1 Å². The van der Waals surface area contributed by atoms with E-state index in [1.807, 2.05) is 54.1 Å².